The van der Waals surface area contributed by atoms with Gasteiger partial charge >= 0.3 is 0 Å². The van der Waals surface area contributed by atoms with E-state index in [4.69, 9.17) is 16.6 Å². The van der Waals surface area contributed by atoms with E-state index in [0.717, 1.165) is 41.6 Å². The average molecular weight is 457 g/mol. The largest absolute Gasteiger partial charge is 0.268 e. The quantitative estimate of drug-likeness (QED) is 0.263. The van der Waals surface area contributed by atoms with Crippen LogP contribution in [0, 0.1) is 5.82 Å². The highest BCUT2D eigenvalue weighted by molar-refractivity contribution is 7.98. The maximum Gasteiger partial charge on any atom is 0.267 e. The Morgan fingerprint density at radius 1 is 1.13 bits per heavy atom. The normalized spacial score (nSPS) is 13.5. The molecule has 0 radical (unpaired) electrons. The van der Waals surface area contributed by atoms with Gasteiger partial charge in [0.25, 0.3) is 5.56 Å². The molecule has 2 aromatic heterocycles. The van der Waals surface area contributed by atoms with Crippen LogP contribution in [0.2, 0.25) is 5.02 Å². The first-order valence-corrected chi connectivity index (χ1v) is 12.0. The number of para-hydroxylation sites is 1. The summed E-state index contributed by atoms with van der Waals surface area (Å²) < 4.78 is 15.9. The van der Waals surface area contributed by atoms with Gasteiger partial charge in [0, 0.05) is 15.7 Å². The molecule has 0 saturated heterocycles. The molecule has 0 atom stereocenters. The van der Waals surface area contributed by atoms with Gasteiger partial charge in [0.1, 0.15) is 10.6 Å². The summed E-state index contributed by atoms with van der Waals surface area (Å²) in [5.41, 5.74) is 2.43. The number of nitrogens with zero attached hydrogens (tertiary/aromatic N) is 2. The molecular weight excluding hydrogens is 439 g/mol. The van der Waals surface area contributed by atoms with Gasteiger partial charge in [-0.1, -0.05) is 47.6 Å². The molecule has 4 aromatic rings. The standard InChI is InChI=1S/C23H18ClFN2OS2/c24-15-11-10-14(18(25)12-15)13-29-23-26-21-20(17-8-4-5-9-19(17)30-21)22(28)27(23)16-6-2-1-3-7-16/h1-3,6-7,10-12H,4-5,8-9,13H2. The molecule has 7 heteroatoms. The van der Waals surface area contributed by atoms with Crippen LogP contribution in [0.5, 0.6) is 0 Å². The molecule has 0 N–H and O–H groups in total. The van der Waals surface area contributed by atoms with Gasteiger partial charge in [-0.3, -0.25) is 9.36 Å². The molecule has 5 rings (SSSR count). The van der Waals surface area contributed by atoms with Crippen molar-refractivity contribution in [2.45, 2.75) is 36.6 Å². The van der Waals surface area contributed by atoms with Crippen LogP contribution in [0.3, 0.4) is 0 Å². The molecule has 1 aliphatic carbocycles. The fourth-order valence-corrected chi connectivity index (χ4v) is 6.33. The van der Waals surface area contributed by atoms with Crippen molar-refractivity contribution in [3.05, 3.63) is 85.7 Å². The monoisotopic (exact) mass is 456 g/mol. The van der Waals surface area contributed by atoms with E-state index in [1.807, 2.05) is 30.3 Å². The number of fused-ring (bicyclic) bond motifs is 3. The van der Waals surface area contributed by atoms with Gasteiger partial charge in [0.05, 0.1) is 11.1 Å². The minimum atomic E-state index is -0.351. The molecule has 2 aromatic carbocycles. The zero-order chi connectivity index (χ0) is 20.7. The minimum Gasteiger partial charge on any atom is -0.268 e. The molecule has 0 saturated carbocycles. The molecular formula is C23H18ClFN2OS2. The second-order valence-electron chi connectivity index (χ2n) is 7.29. The van der Waals surface area contributed by atoms with Gasteiger partial charge in [0.2, 0.25) is 0 Å². The number of thiophene rings is 1. The molecule has 0 bridgehead atoms. The Labute approximate surface area is 186 Å². The van der Waals surface area contributed by atoms with Gasteiger partial charge in [-0.15, -0.1) is 11.3 Å². The summed E-state index contributed by atoms with van der Waals surface area (Å²) in [4.78, 5) is 20.6. The number of aryl methyl sites for hydroxylation is 2. The molecule has 0 amide bonds. The van der Waals surface area contributed by atoms with Crippen molar-refractivity contribution in [1.29, 1.82) is 0 Å². The number of rotatable bonds is 4. The van der Waals surface area contributed by atoms with E-state index in [9.17, 15) is 9.18 Å². The lowest BCUT2D eigenvalue weighted by atomic mass is 9.97. The Morgan fingerprint density at radius 3 is 2.73 bits per heavy atom. The van der Waals surface area contributed by atoms with Gasteiger partial charge in [-0.25, -0.2) is 9.37 Å². The molecule has 0 unspecified atom stereocenters. The molecule has 1 aliphatic rings. The lowest BCUT2D eigenvalue weighted by Crippen LogP contribution is -2.22. The smallest absolute Gasteiger partial charge is 0.267 e. The van der Waals surface area contributed by atoms with E-state index in [0.29, 0.717) is 21.5 Å². The van der Waals surface area contributed by atoms with E-state index in [1.54, 1.807) is 28.0 Å². The molecule has 3 nitrogen and oxygen atoms in total. The zero-order valence-corrected chi connectivity index (χ0v) is 18.4. The first-order chi connectivity index (χ1) is 14.6. The van der Waals surface area contributed by atoms with Crippen LogP contribution in [0.25, 0.3) is 15.9 Å². The van der Waals surface area contributed by atoms with Crippen LogP contribution in [0.4, 0.5) is 4.39 Å². The highest BCUT2D eigenvalue weighted by atomic mass is 35.5. The van der Waals surface area contributed by atoms with Crippen LogP contribution >= 0.6 is 34.7 Å². The number of hydrogen-bond donors (Lipinski definition) is 0. The summed E-state index contributed by atoms with van der Waals surface area (Å²) >= 11 is 8.87. The van der Waals surface area contributed by atoms with Crippen LogP contribution in [0.15, 0.2) is 58.5 Å². The van der Waals surface area contributed by atoms with E-state index >= 15 is 0 Å². The van der Waals surface area contributed by atoms with Crippen LogP contribution in [0.1, 0.15) is 28.8 Å². The van der Waals surface area contributed by atoms with Gasteiger partial charge in [-0.05, 0) is 61.1 Å². The zero-order valence-electron chi connectivity index (χ0n) is 16.0. The summed E-state index contributed by atoms with van der Waals surface area (Å²) in [6.45, 7) is 0. The predicted molar refractivity (Wildman–Crippen MR) is 123 cm³/mol. The third-order valence-electron chi connectivity index (χ3n) is 5.34. The number of halogens is 2. The number of hydrogen-bond acceptors (Lipinski definition) is 4. The van der Waals surface area contributed by atoms with E-state index in [2.05, 4.69) is 0 Å². The maximum absolute atomic E-state index is 14.3. The van der Waals surface area contributed by atoms with E-state index < -0.39 is 0 Å². The van der Waals surface area contributed by atoms with Gasteiger partial charge < -0.3 is 0 Å². The van der Waals surface area contributed by atoms with Crippen molar-refractivity contribution in [2.24, 2.45) is 0 Å². The van der Waals surface area contributed by atoms with Gasteiger partial charge in [0.15, 0.2) is 5.16 Å². The molecule has 0 fully saturated rings. The van der Waals surface area contributed by atoms with E-state index in [1.165, 1.54) is 28.3 Å². The third-order valence-corrected chi connectivity index (χ3v) is 7.75. The summed E-state index contributed by atoms with van der Waals surface area (Å²) in [6.07, 6.45) is 4.21. The van der Waals surface area contributed by atoms with Crippen molar-refractivity contribution in [1.82, 2.24) is 9.55 Å². The number of thioether (sulfide) groups is 1. The Hall–Kier alpha value is -2.15. The molecule has 30 heavy (non-hydrogen) atoms. The molecule has 152 valence electrons. The second kappa shape index (κ2) is 8.17. The first-order valence-electron chi connectivity index (χ1n) is 9.81. The fraction of sp³-hybridized carbons (Fsp3) is 0.217. The average Bonchev–Trinajstić information content (AvgIpc) is 3.12. The molecule has 0 spiro atoms. The van der Waals surface area contributed by atoms with Crippen molar-refractivity contribution < 1.29 is 4.39 Å². The second-order valence-corrected chi connectivity index (χ2v) is 9.75. The van der Waals surface area contributed by atoms with Crippen LogP contribution < -0.4 is 5.56 Å². The molecule has 2 heterocycles. The number of aromatic nitrogens is 2. The lowest BCUT2D eigenvalue weighted by Gasteiger charge is -2.14. The number of benzene rings is 2. The SMILES string of the molecule is O=c1c2c3c(sc2nc(SCc2ccc(Cl)cc2F)n1-c1ccccc1)CCCC3. The summed E-state index contributed by atoms with van der Waals surface area (Å²) in [5, 5.41) is 1.69. The topological polar surface area (TPSA) is 34.9 Å². The van der Waals surface area contributed by atoms with Gasteiger partial charge in [-0.2, -0.15) is 0 Å². The van der Waals surface area contributed by atoms with Crippen molar-refractivity contribution in [2.75, 3.05) is 0 Å². The summed E-state index contributed by atoms with van der Waals surface area (Å²) in [7, 11) is 0. The predicted octanol–water partition coefficient (Wildman–Crippen LogP) is 6.41. The summed E-state index contributed by atoms with van der Waals surface area (Å²) in [5.74, 6) is 0.00932. The Balaban J connectivity index is 1.65. The Bertz CT molecular complexity index is 1300. The lowest BCUT2D eigenvalue weighted by molar-refractivity contribution is 0.617. The third kappa shape index (κ3) is 3.57. The Kier molecular flexibility index (Phi) is 5.39. The highest BCUT2D eigenvalue weighted by Gasteiger charge is 2.23. The van der Waals surface area contributed by atoms with Crippen LogP contribution in [-0.4, -0.2) is 9.55 Å². The van der Waals surface area contributed by atoms with Crippen molar-refractivity contribution in [3.63, 3.8) is 0 Å². The first kappa shape index (κ1) is 19.8. The van der Waals surface area contributed by atoms with Crippen LogP contribution in [-0.2, 0) is 18.6 Å². The van der Waals surface area contributed by atoms with Crippen molar-refractivity contribution in [3.8, 4) is 5.69 Å². The maximum atomic E-state index is 14.3. The van der Waals surface area contributed by atoms with Crippen molar-refractivity contribution >= 4 is 44.9 Å². The van der Waals surface area contributed by atoms with E-state index in [-0.39, 0.29) is 11.4 Å². The summed E-state index contributed by atoms with van der Waals surface area (Å²) in [6, 6.07) is 14.2. The highest BCUT2D eigenvalue weighted by Crippen LogP contribution is 2.35. The Morgan fingerprint density at radius 2 is 1.93 bits per heavy atom. The molecule has 0 aliphatic heterocycles. The fourth-order valence-electron chi connectivity index (χ4n) is 3.87. The minimum absolute atomic E-state index is 0.0373.